The minimum atomic E-state index is -0.605. The lowest BCUT2D eigenvalue weighted by molar-refractivity contribution is -0.123. The molecule has 1 heterocycles. The smallest absolute Gasteiger partial charge is 0.408 e. The van der Waals surface area contributed by atoms with E-state index in [9.17, 15) is 14.4 Å². The number of amides is 2. The Labute approximate surface area is 251 Å². The van der Waals surface area contributed by atoms with Gasteiger partial charge in [0.25, 0.3) is 0 Å². The summed E-state index contributed by atoms with van der Waals surface area (Å²) in [5, 5.41) is 6.98. The largest absolute Gasteiger partial charge is 0.497 e. The van der Waals surface area contributed by atoms with Crippen LogP contribution >= 0.6 is 0 Å². The summed E-state index contributed by atoms with van der Waals surface area (Å²) in [6.45, 7) is 4.23. The predicted octanol–water partition coefficient (Wildman–Crippen LogP) is 5.87. The lowest BCUT2D eigenvalue weighted by Gasteiger charge is -2.21. The SMILES string of the molecule is COC(=O)c1ccc(C(NC(=O)OCc2ccccc2)/C(C)=C/[C@@H](C)C(=O)NCCc2c[nH]c3ccc(OC)cc23)cc1. The Bertz CT molecular complexity index is 1580. The molecule has 43 heavy (non-hydrogen) atoms. The number of alkyl carbamates (subject to hydrolysis) is 1. The van der Waals surface area contributed by atoms with E-state index in [1.807, 2.05) is 67.7 Å². The highest BCUT2D eigenvalue weighted by atomic mass is 16.5. The van der Waals surface area contributed by atoms with Crippen LogP contribution in [-0.4, -0.2) is 43.7 Å². The molecule has 0 radical (unpaired) electrons. The number of hydrogen-bond donors (Lipinski definition) is 3. The van der Waals surface area contributed by atoms with Crippen molar-refractivity contribution in [1.82, 2.24) is 15.6 Å². The first-order valence-electron chi connectivity index (χ1n) is 14.0. The van der Waals surface area contributed by atoms with E-state index in [1.54, 1.807) is 38.3 Å². The Morgan fingerprint density at radius 2 is 1.72 bits per heavy atom. The second kappa shape index (κ2) is 14.7. The highest BCUT2D eigenvalue weighted by Crippen LogP contribution is 2.25. The first-order chi connectivity index (χ1) is 20.8. The molecule has 0 fully saturated rings. The monoisotopic (exact) mass is 583 g/mol. The third-order valence-electron chi connectivity index (χ3n) is 7.19. The molecule has 0 spiro atoms. The van der Waals surface area contributed by atoms with E-state index in [-0.39, 0.29) is 12.5 Å². The third-order valence-corrected chi connectivity index (χ3v) is 7.19. The van der Waals surface area contributed by atoms with Crippen molar-refractivity contribution in [2.45, 2.75) is 32.9 Å². The number of benzene rings is 3. The number of ether oxygens (including phenoxy) is 3. The summed E-state index contributed by atoms with van der Waals surface area (Å²) < 4.78 is 15.6. The van der Waals surface area contributed by atoms with Crippen LogP contribution in [0.25, 0.3) is 10.9 Å². The molecule has 2 amide bonds. The molecule has 4 aromatic rings. The highest BCUT2D eigenvalue weighted by Gasteiger charge is 2.21. The van der Waals surface area contributed by atoms with Crippen molar-refractivity contribution < 1.29 is 28.6 Å². The van der Waals surface area contributed by atoms with Gasteiger partial charge in [-0.2, -0.15) is 0 Å². The quantitative estimate of drug-likeness (QED) is 0.142. The number of aromatic amines is 1. The van der Waals surface area contributed by atoms with Crippen molar-refractivity contribution in [3.05, 3.63) is 113 Å². The van der Waals surface area contributed by atoms with Gasteiger partial charge in [0.1, 0.15) is 12.4 Å². The van der Waals surface area contributed by atoms with Crippen molar-refractivity contribution in [3.8, 4) is 5.75 Å². The zero-order valence-corrected chi connectivity index (χ0v) is 24.8. The fraction of sp³-hybridized carbons (Fsp3) is 0.265. The molecule has 1 unspecified atom stereocenters. The van der Waals surface area contributed by atoms with Crippen molar-refractivity contribution in [3.63, 3.8) is 0 Å². The second-order valence-corrected chi connectivity index (χ2v) is 10.2. The van der Waals surface area contributed by atoms with Crippen molar-refractivity contribution in [1.29, 1.82) is 0 Å². The van der Waals surface area contributed by atoms with Crippen LogP contribution in [0.4, 0.5) is 4.79 Å². The van der Waals surface area contributed by atoms with Crippen molar-refractivity contribution in [2.75, 3.05) is 20.8 Å². The van der Waals surface area contributed by atoms with Crippen LogP contribution in [0.15, 0.2) is 90.6 Å². The third kappa shape index (κ3) is 8.25. The van der Waals surface area contributed by atoms with Crippen LogP contribution in [0, 0.1) is 5.92 Å². The number of H-pyrrole nitrogens is 1. The summed E-state index contributed by atoms with van der Waals surface area (Å²) in [6.07, 6.45) is 3.81. The maximum Gasteiger partial charge on any atom is 0.408 e. The number of rotatable bonds is 12. The normalized spacial score (nSPS) is 12.7. The first-order valence-corrected chi connectivity index (χ1v) is 14.0. The van der Waals surface area contributed by atoms with Gasteiger partial charge in [0.2, 0.25) is 5.91 Å². The number of esters is 1. The lowest BCUT2D eigenvalue weighted by atomic mass is 9.95. The molecule has 0 aliphatic rings. The van der Waals surface area contributed by atoms with Crippen LogP contribution < -0.4 is 15.4 Å². The summed E-state index contributed by atoms with van der Waals surface area (Å²) in [6, 6.07) is 21.4. The number of hydrogen-bond acceptors (Lipinski definition) is 6. The van der Waals surface area contributed by atoms with Gasteiger partial charge < -0.3 is 29.8 Å². The van der Waals surface area contributed by atoms with Crippen LogP contribution in [0.1, 0.15) is 46.9 Å². The predicted molar refractivity (Wildman–Crippen MR) is 165 cm³/mol. The van der Waals surface area contributed by atoms with Gasteiger partial charge in [-0.25, -0.2) is 9.59 Å². The molecule has 3 N–H and O–H groups in total. The van der Waals surface area contributed by atoms with Crippen LogP contribution in [-0.2, 0) is 27.3 Å². The Morgan fingerprint density at radius 1 is 0.977 bits per heavy atom. The fourth-order valence-electron chi connectivity index (χ4n) is 4.81. The summed E-state index contributed by atoms with van der Waals surface area (Å²) in [7, 11) is 2.95. The molecule has 224 valence electrons. The van der Waals surface area contributed by atoms with Gasteiger partial charge in [-0.3, -0.25) is 4.79 Å². The van der Waals surface area contributed by atoms with Gasteiger partial charge in [-0.05, 0) is 65.9 Å². The highest BCUT2D eigenvalue weighted by molar-refractivity contribution is 5.89. The second-order valence-electron chi connectivity index (χ2n) is 10.2. The molecule has 0 saturated heterocycles. The Morgan fingerprint density at radius 3 is 2.42 bits per heavy atom. The Balaban J connectivity index is 1.43. The molecule has 2 atom stereocenters. The molecule has 1 aromatic heterocycles. The molecule has 0 aliphatic heterocycles. The van der Waals surface area contributed by atoms with Crippen molar-refractivity contribution >= 4 is 28.9 Å². The summed E-state index contributed by atoms with van der Waals surface area (Å²) in [4.78, 5) is 41.0. The van der Waals surface area contributed by atoms with Gasteiger partial charge in [-0.15, -0.1) is 0 Å². The number of carbonyl (C=O) groups is 3. The van der Waals surface area contributed by atoms with Gasteiger partial charge >= 0.3 is 12.1 Å². The minimum absolute atomic E-state index is 0.117. The molecular weight excluding hydrogens is 546 g/mol. The number of nitrogens with one attached hydrogen (secondary N) is 3. The topological polar surface area (TPSA) is 119 Å². The van der Waals surface area contributed by atoms with E-state index in [2.05, 4.69) is 15.6 Å². The Kier molecular flexibility index (Phi) is 10.6. The summed E-state index contributed by atoms with van der Waals surface area (Å²) in [5.41, 5.74) is 4.81. The molecule has 9 heteroatoms. The molecular formula is C34H37N3O6. The molecule has 0 aliphatic carbocycles. The van der Waals surface area contributed by atoms with E-state index in [0.717, 1.165) is 38.9 Å². The van der Waals surface area contributed by atoms with Crippen LogP contribution in [0.2, 0.25) is 0 Å². The molecule has 0 saturated carbocycles. The zero-order chi connectivity index (χ0) is 30.8. The number of methoxy groups -OCH3 is 2. The van der Waals surface area contributed by atoms with E-state index in [0.29, 0.717) is 18.5 Å². The van der Waals surface area contributed by atoms with Gasteiger partial charge in [0, 0.05) is 23.6 Å². The van der Waals surface area contributed by atoms with Crippen LogP contribution in [0.3, 0.4) is 0 Å². The van der Waals surface area contributed by atoms with Crippen LogP contribution in [0.5, 0.6) is 5.75 Å². The maximum absolute atomic E-state index is 13.0. The molecule has 0 bridgehead atoms. The number of aromatic nitrogens is 1. The van der Waals surface area contributed by atoms with Gasteiger partial charge in [0.15, 0.2) is 0 Å². The lowest BCUT2D eigenvalue weighted by Crippen LogP contribution is -2.32. The number of carbonyl (C=O) groups excluding carboxylic acids is 3. The first kappa shape index (κ1) is 30.9. The average Bonchev–Trinajstić information content (AvgIpc) is 3.44. The molecule has 4 rings (SSSR count). The standard InChI is InChI=1S/C34H37N3O6/c1-22(18-23(2)32(38)35-17-16-27-20-36-30-15-14-28(41-3)19-29(27)30)31(25-10-12-26(13-11-25)33(39)42-4)37-34(40)43-21-24-8-6-5-7-9-24/h5-15,18-20,23,31,36H,16-17,21H2,1-4H3,(H,35,38)(H,37,40)/b22-18+/t23-,31?/m1/s1. The van der Waals surface area contributed by atoms with Gasteiger partial charge in [0.05, 0.1) is 31.7 Å². The minimum Gasteiger partial charge on any atom is -0.497 e. The maximum atomic E-state index is 13.0. The van der Waals surface area contributed by atoms with E-state index < -0.39 is 24.0 Å². The Hall–Kier alpha value is -5.05. The summed E-state index contributed by atoms with van der Waals surface area (Å²) in [5.74, 6) is -0.286. The van der Waals surface area contributed by atoms with E-state index in [1.165, 1.54) is 7.11 Å². The molecule has 9 nitrogen and oxygen atoms in total. The summed E-state index contributed by atoms with van der Waals surface area (Å²) >= 11 is 0. The number of fused-ring (bicyclic) bond motifs is 1. The van der Waals surface area contributed by atoms with E-state index in [4.69, 9.17) is 14.2 Å². The van der Waals surface area contributed by atoms with E-state index >= 15 is 0 Å². The fourth-order valence-corrected chi connectivity index (χ4v) is 4.81. The average molecular weight is 584 g/mol. The molecule has 3 aromatic carbocycles. The van der Waals surface area contributed by atoms with Crippen molar-refractivity contribution in [2.24, 2.45) is 5.92 Å². The van der Waals surface area contributed by atoms with Gasteiger partial charge in [-0.1, -0.05) is 55.5 Å². The zero-order valence-electron chi connectivity index (χ0n) is 24.8.